The molecule has 4 rings (SSSR count). The molecule has 2 N–H and O–H groups in total. The van der Waals surface area contributed by atoms with Crippen molar-refractivity contribution in [2.45, 2.75) is 38.1 Å². The highest BCUT2D eigenvalue weighted by molar-refractivity contribution is 7.15. The first-order valence-electron chi connectivity index (χ1n) is 9.43. The Kier molecular flexibility index (Phi) is 5.69. The summed E-state index contributed by atoms with van der Waals surface area (Å²) in [4.78, 5) is 4.74. The van der Waals surface area contributed by atoms with E-state index in [1.165, 1.54) is 4.88 Å². The molecule has 142 valence electrons. The van der Waals surface area contributed by atoms with E-state index in [4.69, 9.17) is 0 Å². The summed E-state index contributed by atoms with van der Waals surface area (Å²) in [5.74, 6) is 0. The Morgan fingerprint density at radius 3 is 2.81 bits per heavy atom. The smallest absolute Gasteiger partial charge is 0.102 e. The Morgan fingerprint density at radius 1 is 1.15 bits per heavy atom. The van der Waals surface area contributed by atoms with Gasteiger partial charge in [-0.2, -0.15) is 5.10 Å². The number of benzene rings is 1. The number of likely N-dealkylation sites (tertiary alicyclic amines) is 1. The number of hydrogen-bond donors (Lipinski definition) is 2. The molecule has 27 heavy (non-hydrogen) atoms. The summed E-state index contributed by atoms with van der Waals surface area (Å²) in [6, 6.07) is 15.9. The molecule has 5 nitrogen and oxygen atoms in total. The van der Waals surface area contributed by atoms with Crippen molar-refractivity contribution in [2.24, 2.45) is 0 Å². The standard InChI is InChI=1S/C21H25N3O2S/c25-17-7-4-11-23(13-17)14-18-8-9-21(27-18)19-10-12-24(22-19)15-20(26)16-5-2-1-3-6-16/h1-3,5-6,8-10,12,17,20,25-26H,4,7,11,13-15H2/t17?,20-/m0/s1. The predicted molar refractivity (Wildman–Crippen MR) is 107 cm³/mol. The van der Waals surface area contributed by atoms with Gasteiger partial charge in [0.15, 0.2) is 0 Å². The molecule has 2 atom stereocenters. The van der Waals surface area contributed by atoms with Crippen LogP contribution in [0.15, 0.2) is 54.7 Å². The maximum absolute atomic E-state index is 10.4. The summed E-state index contributed by atoms with van der Waals surface area (Å²) in [6.45, 7) is 3.14. The van der Waals surface area contributed by atoms with E-state index in [1.54, 1.807) is 16.0 Å². The summed E-state index contributed by atoms with van der Waals surface area (Å²) in [5, 5.41) is 24.8. The van der Waals surface area contributed by atoms with Gasteiger partial charge in [0.2, 0.25) is 0 Å². The van der Waals surface area contributed by atoms with Crippen LogP contribution in [0.1, 0.15) is 29.4 Å². The number of nitrogens with zero attached hydrogens (tertiary/aromatic N) is 3. The minimum Gasteiger partial charge on any atom is -0.392 e. The summed E-state index contributed by atoms with van der Waals surface area (Å²) in [5.41, 5.74) is 1.84. The van der Waals surface area contributed by atoms with Crippen LogP contribution in [-0.2, 0) is 13.1 Å². The second kappa shape index (κ2) is 8.35. The van der Waals surface area contributed by atoms with E-state index in [2.05, 4.69) is 22.1 Å². The monoisotopic (exact) mass is 383 g/mol. The van der Waals surface area contributed by atoms with Crippen LogP contribution in [0, 0.1) is 0 Å². The molecule has 0 radical (unpaired) electrons. The van der Waals surface area contributed by atoms with Crippen molar-refractivity contribution >= 4 is 11.3 Å². The molecule has 0 amide bonds. The van der Waals surface area contributed by atoms with Gasteiger partial charge in [0, 0.05) is 24.2 Å². The molecule has 6 heteroatoms. The van der Waals surface area contributed by atoms with E-state index in [-0.39, 0.29) is 6.10 Å². The number of β-amino-alcohol motifs (C(OH)–C–C–N with tert-alkyl or cyclic N) is 1. The van der Waals surface area contributed by atoms with E-state index in [1.807, 2.05) is 42.6 Å². The summed E-state index contributed by atoms with van der Waals surface area (Å²) in [6.07, 6.45) is 3.14. The molecule has 0 saturated carbocycles. The van der Waals surface area contributed by atoms with Gasteiger partial charge in [0.05, 0.1) is 23.6 Å². The van der Waals surface area contributed by atoms with E-state index in [0.29, 0.717) is 6.54 Å². The Balaban J connectivity index is 1.39. The van der Waals surface area contributed by atoms with Crippen molar-refractivity contribution in [1.29, 1.82) is 0 Å². The molecule has 1 unspecified atom stereocenters. The first kappa shape index (κ1) is 18.4. The Bertz CT molecular complexity index is 861. The van der Waals surface area contributed by atoms with Crippen LogP contribution in [0.3, 0.4) is 0 Å². The maximum atomic E-state index is 10.4. The molecular formula is C21H25N3O2S. The molecule has 1 aliphatic rings. The van der Waals surface area contributed by atoms with Crippen LogP contribution in [0.5, 0.6) is 0 Å². The maximum Gasteiger partial charge on any atom is 0.102 e. The Hall–Kier alpha value is -1.99. The molecule has 2 aromatic heterocycles. The molecule has 3 aromatic rings. The number of hydrogen-bond acceptors (Lipinski definition) is 5. The van der Waals surface area contributed by atoms with Crippen molar-refractivity contribution in [2.75, 3.05) is 13.1 Å². The summed E-state index contributed by atoms with van der Waals surface area (Å²) < 4.78 is 1.80. The van der Waals surface area contributed by atoms with Crippen molar-refractivity contribution in [1.82, 2.24) is 14.7 Å². The fourth-order valence-electron chi connectivity index (χ4n) is 3.55. The zero-order valence-corrected chi connectivity index (χ0v) is 16.1. The zero-order valence-electron chi connectivity index (χ0n) is 15.2. The van der Waals surface area contributed by atoms with Gasteiger partial charge in [-0.05, 0) is 43.1 Å². The zero-order chi connectivity index (χ0) is 18.6. The van der Waals surface area contributed by atoms with E-state index >= 15 is 0 Å². The van der Waals surface area contributed by atoms with Crippen molar-refractivity contribution in [3.05, 3.63) is 65.2 Å². The third-order valence-corrected chi connectivity index (χ3v) is 6.05. The lowest BCUT2D eigenvalue weighted by atomic mass is 10.1. The normalized spacial score (nSPS) is 19.3. The minimum atomic E-state index is -0.566. The first-order chi connectivity index (χ1) is 13.2. The predicted octanol–water partition coefficient (Wildman–Crippen LogP) is 3.30. The average molecular weight is 384 g/mol. The largest absolute Gasteiger partial charge is 0.392 e. The van der Waals surface area contributed by atoms with Crippen LogP contribution in [0.25, 0.3) is 10.6 Å². The van der Waals surface area contributed by atoms with Gasteiger partial charge in [0.1, 0.15) is 5.69 Å². The lowest BCUT2D eigenvalue weighted by Crippen LogP contribution is -2.37. The van der Waals surface area contributed by atoms with E-state index in [0.717, 1.165) is 48.6 Å². The SMILES string of the molecule is OC1CCCN(Cc2ccc(-c3ccn(C[C@H](O)c4ccccc4)n3)s2)C1. The number of aromatic nitrogens is 2. The molecule has 1 aromatic carbocycles. The van der Waals surface area contributed by atoms with Crippen LogP contribution in [0.4, 0.5) is 0 Å². The Morgan fingerprint density at radius 2 is 2.00 bits per heavy atom. The lowest BCUT2D eigenvalue weighted by Gasteiger charge is -2.29. The topological polar surface area (TPSA) is 61.5 Å². The Labute approximate surface area is 163 Å². The third-order valence-electron chi connectivity index (χ3n) is 4.96. The van der Waals surface area contributed by atoms with Crippen LogP contribution >= 0.6 is 11.3 Å². The second-order valence-electron chi connectivity index (χ2n) is 7.15. The van der Waals surface area contributed by atoms with Gasteiger partial charge in [0.25, 0.3) is 0 Å². The summed E-state index contributed by atoms with van der Waals surface area (Å²) >= 11 is 1.75. The molecule has 0 aliphatic carbocycles. The highest BCUT2D eigenvalue weighted by Gasteiger charge is 2.18. The van der Waals surface area contributed by atoms with Crippen LogP contribution in [-0.4, -0.2) is 44.1 Å². The third kappa shape index (κ3) is 4.65. The fraction of sp³-hybridized carbons (Fsp3) is 0.381. The van der Waals surface area contributed by atoms with E-state index in [9.17, 15) is 10.2 Å². The second-order valence-corrected chi connectivity index (χ2v) is 8.31. The van der Waals surface area contributed by atoms with Crippen LogP contribution in [0.2, 0.25) is 0 Å². The number of thiophene rings is 1. The number of piperidine rings is 1. The molecule has 3 heterocycles. The van der Waals surface area contributed by atoms with Gasteiger partial charge in [-0.1, -0.05) is 30.3 Å². The highest BCUT2D eigenvalue weighted by atomic mass is 32.1. The van der Waals surface area contributed by atoms with Gasteiger partial charge >= 0.3 is 0 Å². The van der Waals surface area contributed by atoms with E-state index < -0.39 is 6.10 Å². The number of aliphatic hydroxyl groups excluding tert-OH is 2. The minimum absolute atomic E-state index is 0.190. The van der Waals surface area contributed by atoms with Crippen molar-refractivity contribution in [3.8, 4) is 10.6 Å². The molecular weight excluding hydrogens is 358 g/mol. The number of aliphatic hydroxyl groups is 2. The van der Waals surface area contributed by atoms with Crippen molar-refractivity contribution in [3.63, 3.8) is 0 Å². The van der Waals surface area contributed by atoms with Crippen molar-refractivity contribution < 1.29 is 10.2 Å². The van der Waals surface area contributed by atoms with Crippen LogP contribution < -0.4 is 0 Å². The average Bonchev–Trinajstić information content (AvgIpc) is 3.32. The fourth-order valence-corrected chi connectivity index (χ4v) is 4.56. The highest BCUT2D eigenvalue weighted by Crippen LogP contribution is 2.28. The number of rotatable bonds is 6. The molecule has 1 saturated heterocycles. The molecule has 1 aliphatic heterocycles. The van der Waals surface area contributed by atoms with Gasteiger partial charge in [-0.3, -0.25) is 9.58 Å². The van der Waals surface area contributed by atoms with Gasteiger partial charge in [-0.25, -0.2) is 0 Å². The van der Waals surface area contributed by atoms with Gasteiger partial charge in [-0.15, -0.1) is 11.3 Å². The molecule has 1 fully saturated rings. The van der Waals surface area contributed by atoms with Gasteiger partial charge < -0.3 is 10.2 Å². The lowest BCUT2D eigenvalue weighted by molar-refractivity contribution is 0.0673. The molecule has 0 spiro atoms. The molecule has 0 bridgehead atoms. The first-order valence-corrected chi connectivity index (χ1v) is 10.2. The quantitative estimate of drug-likeness (QED) is 0.686. The summed E-state index contributed by atoms with van der Waals surface area (Å²) in [7, 11) is 0.